The maximum Gasteiger partial charge on any atom is 0.312 e. The molecular formula is C21H19N3O7. The highest BCUT2D eigenvalue weighted by Crippen LogP contribution is 2.21. The Kier molecular flexibility index (Phi) is 6.39. The number of hydrogen-bond donors (Lipinski definition) is 1. The fourth-order valence-electron chi connectivity index (χ4n) is 3.14. The van der Waals surface area contributed by atoms with E-state index in [9.17, 15) is 29.3 Å². The number of esters is 1. The van der Waals surface area contributed by atoms with Gasteiger partial charge in [0.25, 0.3) is 11.6 Å². The van der Waals surface area contributed by atoms with Crippen LogP contribution in [0, 0.1) is 16.0 Å². The van der Waals surface area contributed by atoms with E-state index in [4.69, 9.17) is 4.74 Å². The van der Waals surface area contributed by atoms with Gasteiger partial charge in [0, 0.05) is 18.1 Å². The predicted molar refractivity (Wildman–Crippen MR) is 107 cm³/mol. The second-order valence-electron chi connectivity index (χ2n) is 6.93. The van der Waals surface area contributed by atoms with E-state index in [0.717, 1.165) is 5.01 Å². The Morgan fingerprint density at radius 1 is 1.13 bits per heavy atom. The zero-order valence-electron chi connectivity index (χ0n) is 16.5. The van der Waals surface area contributed by atoms with E-state index in [1.54, 1.807) is 30.3 Å². The first kappa shape index (κ1) is 21.6. The molecule has 31 heavy (non-hydrogen) atoms. The molecule has 1 aliphatic heterocycles. The molecule has 1 N–H and O–H groups in total. The lowest BCUT2D eigenvalue weighted by molar-refractivity contribution is -0.385. The summed E-state index contributed by atoms with van der Waals surface area (Å²) in [5.41, 5.74) is 2.06. The number of nitrogens with one attached hydrogen (secondary N) is 1. The fraction of sp³-hybridized carbons (Fsp3) is 0.238. The summed E-state index contributed by atoms with van der Waals surface area (Å²) >= 11 is 0. The number of para-hydroxylation sites is 1. The van der Waals surface area contributed by atoms with Crippen LogP contribution in [-0.2, 0) is 14.3 Å². The van der Waals surface area contributed by atoms with Gasteiger partial charge in [0.05, 0.1) is 17.4 Å². The number of ketones is 1. The molecule has 0 bridgehead atoms. The molecule has 10 nitrogen and oxygen atoms in total. The minimum atomic E-state index is -1.04. The van der Waals surface area contributed by atoms with Crippen molar-refractivity contribution >= 4 is 29.3 Å². The van der Waals surface area contributed by atoms with Gasteiger partial charge in [-0.2, -0.15) is 0 Å². The first-order valence-electron chi connectivity index (χ1n) is 9.42. The summed E-state index contributed by atoms with van der Waals surface area (Å²) in [6.07, 6.45) is -1.26. The van der Waals surface area contributed by atoms with E-state index in [1.807, 2.05) is 0 Å². The van der Waals surface area contributed by atoms with Crippen molar-refractivity contribution in [3.8, 4) is 0 Å². The molecular weight excluding hydrogens is 406 g/mol. The number of carbonyl (C=O) groups excluding carboxylic acids is 4. The van der Waals surface area contributed by atoms with Crippen molar-refractivity contribution in [2.45, 2.75) is 19.4 Å². The van der Waals surface area contributed by atoms with Crippen LogP contribution < -0.4 is 5.43 Å². The molecule has 0 unspecified atom stereocenters. The quantitative estimate of drug-likeness (QED) is 0.310. The van der Waals surface area contributed by atoms with Crippen LogP contribution in [0.4, 0.5) is 5.69 Å². The maximum atomic E-state index is 12.4. The number of ether oxygens (including phenoxy) is 1. The molecule has 2 aromatic rings. The summed E-state index contributed by atoms with van der Waals surface area (Å²) < 4.78 is 5.22. The molecule has 1 saturated heterocycles. The molecule has 2 atom stereocenters. The maximum absolute atomic E-state index is 12.4. The third kappa shape index (κ3) is 4.92. The molecule has 2 amide bonds. The Bertz CT molecular complexity index is 1040. The fourth-order valence-corrected chi connectivity index (χ4v) is 3.14. The van der Waals surface area contributed by atoms with Gasteiger partial charge in [0.1, 0.15) is 5.56 Å². The minimum absolute atomic E-state index is 0.170. The zero-order valence-corrected chi connectivity index (χ0v) is 16.5. The monoisotopic (exact) mass is 425 g/mol. The largest absolute Gasteiger partial charge is 0.454 e. The van der Waals surface area contributed by atoms with E-state index < -0.39 is 40.4 Å². The van der Waals surface area contributed by atoms with Crippen LogP contribution in [0.15, 0.2) is 54.6 Å². The Hall–Kier alpha value is -4.08. The molecule has 160 valence electrons. The van der Waals surface area contributed by atoms with Crippen LogP contribution in [0.3, 0.4) is 0 Å². The van der Waals surface area contributed by atoms with Crippen LogP contribution in [0.1, 0.15) is 34.1 Å². The lowest BCUT2D eigenvalue weighted by Gasteiger charge is -2.18. The van der Waals surface area contributed by atoms with Crippen molar-refractivity contribution in [2.24, 2.45) is 5.92 Å². The summed E-state index contributed by atoms with van der Waals surface area (Å²) in [7, 11) is 0. The van der Waals surface area contributed by atoms with Crippen molar-refractivity contribution < 1.29 is 28.8 Å². The second kappa shape index (κ2) is 9.16. The summed E-state index contributed by atoms with van der Waals surface area (Å²) in [5.74, 6) is -3.39. The number of carbonyl (C=O) groups is 4. The number of Topliss-reactive ketones (excluding diaryl/α,β-unsaturated/α-hetero) is 1. The van der Waals surface area contributed by atoms with Gasteiger partial charge in [-0.05, 0) is 13.0 Å². The van der Waals surface area contributed by atoms with E-state index >= 15 is 0 Å². The zero-order chi connectivity index (χ0) is 22.5. The van der Waals surface area contributed by atoms with Crippen LogP contribution in [0.2, 0.25) is 0 Å². The van der Waals surface area contributed by atoms with Gasteiger partial charge in [-0.3, -0.25) is 39.7 Å². The van der Waals surface area contributed by atoms with Gasteiger partial charge in [-0.15, -0.1) is 0 Å². The molecule has 2 aromatic carbocycles. The lowest BCUT2D eigenvalue weighted by atomic mass is 10.1. The van der Waals surface area contributed by atoms with Gasteiger partial charge in [0.2, 0.25) is 11.7 Å². The van der Waals surface area contributed by atoms with E-state index in [1.165, 1.54) is 31.2 Å². The third-order valence-corrected chi connectivity index (χ3v) is 4.76. The first-order chi connectivity index (χ1) is 14.8. The number of nitrogens with zero attached hydrogens (tertiary/aromatic N) is 2. The number of hydrogen-bond acceptors (Lipinski definition) is 7. The number of hydrazine groups is 1. The average Bonchev–Trinajstić information content (AvgIpc) is 3.14. The van der Waals surface area contributed by atoms with Crippen LogP contribution in [-0.4, -0.2) is 46.1 Å². The van der Waals surface area contributed by atoms with E-state index in [0.29, 0.717) is 5.56 Å². The lowest BCUT2D eigenvalue weighted by Crippen LogP contribution is -2.43. The molecule has 1 heterocycles. The van der Waals surface area contributed by atoms with Crippen molar-refractivity contribution in [3.05, 3.63) is 75.8 Å². The molecule has 1 fully saturated rings. The summed E-state index contributed by atoms with van der Waals surface area (Å²) in [5, 5.41) is 12.0. The van der Waals surface area contributed by atoms with Crippen LogP contribution in [0.5, 0.6) is 0 Å². The third-order valence-electron chi connectivity index (χ3n) is 4.76. The molecule has 0 saturated carbocycles. The standard InChI is InChI=1S/C21H19N3O7/c1-13(19(26)14-7-3-2-4-8-14)31-21(28)15-11-18(25)23(12-15)22-20(27)16-9-5-6-10-17(16)24(29)30/h2-10,13,15H,11-12H2,1H3,(H,22,27)/t13-,15-/m0/s1. The minimum Gasteiger partial charge on any atom is -0.454 e. The average molecular weight is 425 g/mol. The molecule has 0 aromatic heterocycles. The highest BCUT2D eigenvalue weighted by Gasteiger charge is 2.38. The van der Waals surface area contributed by atoms with Crippen molar-refractivity contribution in [3.63, 3.8) is 0 Å². The van der Waals surface area contributed by atoms with E-state index in [2.05, 4.69) is 5.43 Å². The Morgan fingerprint density at radius 2 is 1.77 bits per heavy atom. The van der Waals surface area contributed by atoms with Crippen molar-refractivity contribution in [2.75, 3.05) is 6.54 Å². The van der Waals surface area contributed by atoms with Gasteiger partial charge < -0.3 is 4.74 Å². The molecule has 0 spiro atoms. The molecule has 1 aliphatic rings. The van der Waals surface area contributed by atoms with Gasteiger partial charge >= 0.3 is 5.97 Å². The van der Waals surface area contributed by atoms with E-state index in [-0.39, 0.29) is 24.3 Å². The topological polar surface area (TPSA) is 136 Å². The highest BCUT2D eigenvalue weighted by molar-refractivity contribution is 6.01. The molecule has 3 rings (SSSR count). The number of benzene rings is 2. The van der Waals surface area contributed by atoms with Gasteiger partial charge in [-0.25, -0.2) is 0 Å². The summed E-state index contributed by atoms with van der Waals surface area (Å²) in [4.78, 5) is 59.8. The Morgan fingerprint density at radius 3 is 2.45 bits per heavy atom. The highest BCUT2D eigenvalue weighted by atomic mass is 16.6. The van der Waals surface area contributed by atoms with Crippen LogP contribution >= 0.6 is 0 Å². The Labute approximate surface area is 176 Å². The van der Waals surface area contributed by atoms with Crippen molar-refractivity contribution in [1.82, 2.24) is 10.4 Å². The summed E-state index contributed by atoms with van der Waals surface area (Å²) in [6.45, 7) is 1.27. The number of nitro groups is 1. The number of rotatable bonds is 7. The SMILES string of the molecule is C[C@H](OC(=O)[C@H]1CC(=O)N(NC(=O)c2ccccc2[N+](=O)[O-])C1)C(=O)c1ccccc1. The van der Waals surface area contributed by atoms with Crippen molar-refractivity contribution in [1.29, 1.82) is 0 Å². The first-order valence-corrected chi connectivity index (χ1v) is 9.42. The second-order valence-corrected chi connectivity index (χ2v) is 6.93. The van der Waals surface area contributed by atoms with Crippen LogP contribution in [0.25, 0.3) is 0 Å². The normalized spacial score (nSPS) is 16.5. The number of nitro benzene ring substituents is 1. The molecule has 0 radical (unpaired) electrons. The predicted octanol–water partition coefficient (Wildman–Crippen LogP) is 1.90. The molecule has 0 aliphatic carbocycles. The summed E-state index contributed by atoms with van der Waals surface area (Å²) in [6, 6.07) is 13.6. The smallest absolute Gasteiger partial charge is 0.312 e. The van der Waals surface area contributed by atoms with Gasteiger partial charge in [-0.1, -0.05) is 42.5 Å². The number of amides is 2. The molecule has 10 heteroatoms. The Balaban J connectivity index is 1.61. The van der Waals surface area contributed by atoms with Gasteiger partial charge in [0.15, 0.2) is 6.10 Å².